The third-order valence-electron chi connectivity index (χ3n) is 3.42. The van der Waals surface area contributed by atoms with Crippen LogP contribution in [-0.2, 0) is 11.2 Å². The molecule has 1 aromatic heterocycles. The Balaban J connectivity index is 1.58. The zero-order chi connectivity index (χ0) is 19.4. The van der Waals surface area contributed by atoms with E-state index in [1.807, 2.05) is 0 Å². The molecule has 9 heteroatoms. The highest BCUT2D eigenvalue weighted by Gasteiger charge is 2.12. The number of aromatic nitrogens is 1. The second-order valence-corrected chi connectivity index (χ2v) is 7.13. The number of hydrogen-bond acceptors (Lipinski definition) is 4. The Bertz CT molecular complexity index is 993. The first-order valence-electron chi connectivity index (χ1n) is 7.67. The molecule has 0 spiro atoms. The normalized spacial score (nSPS) is 10.5. The lowest BCUT2D eigenvalue weighted by Crippen LogP contribution is -2.15. The van der Waals surface area contributed by atoms with E-state index in [0.29, 0.717) is 32.1 Å². The third-order valence-corrected chi connectivity index (χ3v) is 4.97. The predicted molar refractivity (Wildman–Crippen MR) is 105 cm³/mol. The van der Waals surface area contributed by atoms with Crippen LogP contribution in [0.2, 0.25) is 10.0 Å². The number of thiazole rings is 1. The van der Waals surface area contributed by atoms with Crippen LogP contribution in [0, 0.1) is 5.82 Å². The molecule has 0 aliphatic carbocycles. The minimum Gasteiger partial charge on any atom is -0.326 e. The van der Waals surface area contributed by atoms with Gasteiger partial charge in [0.15, 0.2) is 5.13 Å². The maximum atomic E-state index is 12.9. The molecule has 0 aliphatic rings. The lowest BCUT2D eigenvalue weighted by molar-refractivity contribution is -0.115. The second-order valence-electron chi connectivity index (χ2n) is 5.46. The van der Waals surface area contributed by atoms with E-state index in [1.54, 1.807) is 23.6 Å². The fourth-order valence-electron chi connectivity index (χ4n) is 2.16. The summed E-state index contributed by atoms with van der Waals surface area (Å²) in [5, 5.41) is 8.08. The maximum Gasteiger partial charge on any atom is 0.257 e. The number of halogens is 3. The standard InChI is InChI=1S/C18H12Cl2FN3O2S/c19-14-6-5-12(7-15(14)20)22-16(25)8-13-9-27-18(23-13)24-17(26)10-1-3-11(21)4-2-10/h1-7,9H,8H2,(H,22,25)(H,23,24,26). The van der Waals surface area contributed by atoms with Crippen LogP contribution in [-0.4, -0.2) is 16.8 Å². The van der Waals surface area contributed by atoms with Crippen molar-refractivity contribution in [1.29, 1.82) is 0 Å². The van der Waals surface area contributed by atoms with E-state index in [1.165, 1.54) is 35.6 Å². The van der Waals surface area contributed by atoms with Crippen molar-refractivity contribution in [3.63, 3.8) is 0 Å². The van der Waals surface area contributed by atoms with Crippen LogP contribution in [0.15, 0.2) is 47.8 Å². The molecule has 0 aliphatic heterocycles. The lowest BCUT2D eigenvalue weighted by atomic mass is 10.2. The van der Waals surface area contributed by atoms with Crippen molar-refractivity contribution < 1.29 is 14.0 Å². The average molecular weight is 424 g/mol. The van der Waals surface area contributed by atoms with Crippen LogP contribution in [0.4, 0.5) is 15.2 Å². The van der Waals surface area contributed by atoms with Gasteiger partial charge < -0.3 is 5.32 Å². The summed E-state index contributed by atoms with van der Waals surface area (Å²) < 4.78 is 12.9. The Morgan fingerprint density at radius 2 is 1.78 bits per heavy atom. The van der Waals surface area contributed by atoms with Crippen molar-refractivity contribution in [2.24, 2.45) is 0 Å². The molecule has 1 heterocycles. The maximum absolute atomic E-state index is 12.9. The van der Waals surface area contributed by atoms with E-state index in [-0.39, 0.29) is 12.3 Å². The van der Waals surface area contributed by atoms with Gasteiger partial charge in [-0.1, -0.05) is 23.2 Å². The van der Waals surface area contributed by atoms with Gasteiger partial charge in [0.2, 0.25) is 5.91 Å². The molecule has 0 unspecified atom stereocenters. The van der Waals surface area contributed by atoms with E-state index >= 15 is 0 Å². The minimum absolute atomic E-state index is 0.0309. The van der Waals surface area contributed by atoms with Crippen molar-refractivity contribution in [3.05, 3.63) is 75.0 Å². The van der Waals surface area contributed by atoms with Crippen LogP contribution >= 0.6 is 34.5 Å². The highest BCUT2D eigenvalue weighted by Crippen LogP contribution is 2.25. The summed E-state index contributed by atoms with van der Waals surface area (Å²) in [7, 11) is 0. The highest BCUT2D eigenvalue weighted by atomic mass is 35.5. The van der Waals surface area contributed by atoms with Gasteiger partial charge in [-0.05, 0) is 42.5 Å². The topological polar surface area (TPSA) is 71.1 Å². The summed E-state index contributed by atoms with van der Waals surface area (Å²) in [6.07, 6.45) is 0.0309. The Labute approximate surface area is 168 Å². The molecule has 0 bridgehead atoms. The van der Waals surface area contributed by atoms with Gasteiger partial charge in [0.05, 0.1) is 22.2 Å². The van der Waals surface area contributed by atoms with Gasteiger partial charge in [-0.3, -0.25) is 14.9 Å². The van der Waals surface area contributed by atoms with Gasteiger partial charge in [-0.2, -0.15) is 0 Å². The number of anilines is 2. The summed E-state index contributed by atoms with van der Waals surface area (Å²) in [4.78, 5) is 28.4. The molecule has 0 saturated heterocycles. The van der Waals surface area contributed by atoms with Crippen LogP contribution < -0.4 is 10.6 Å². The Hall–Kier alpha value is -2.48. The summed E-state index contributed by atoms with van der Waals surface area (Å²) in [5.41, 5.74) is 1.34. The molecule has 2 aromatic carbocycles. The average Bonchev–Trinajstić information content (AvgIpc) is 3.05. The molecule has 0 radical (unpaired) electrons. The highest BCUT2D eigenvalue weighted by molar-refractivity contribution is 7.14. The molecule has 2 amide bonds. The van der Waals surface area contributed by atoms with E-state index in [0.717, 1.165) is 0 Å². The van der Waals surface area contributed by atoms with Gasteiger partial charge in [0.1, 0.15) is 5.82 Å². The first kappa shape index (κ1) is 19.3. The predicted octanol–water partition coefficient (Wildman–Crippen LogP) is 5.02. The van der Waals surface area contributed by atoms with Gasteiger partial charge in [-0.15, -0.1) is 11.3 Å². The summed E-state index contributed by atoms with van der Waals surface area (Å²) in [6.45, 7) is 0. The molecular formula is C18H12Cl2FN3O2S. The molecule has 138 valence electrons. The Morgan fingerprint density at radius 3 is 2.48 bits per heavy atom. The van der Waals surface area contributed by atoms with Crippen LogP contribution in [0.3, 0.4) is 0 Å². The van der Waals surface area contributed by atoms with Crippen LogP contribution in [0.25, 0.3) is 0 Å². The first-order valence-corrected chi connectivity index (χ1v) is 9.30. The number of hydrogen-bond donors (Lipinski definition) is 2. The van der Waals surface area contributed by atoms with E-state index in [4.69, 9.17) is 23.2 Å². The van der Waals surface area contributed by atoms with Crippen molar-refractivity contribution >= 4 is 57.2 Å². The quantitative estimate of drug-likeness (QED) is 0.604. The fourth-order valence-corrected chi connectivity index (χ4v) is 3.16. The van der Waals surface area contributed by atoms with Crippen LogP contribution in [0.1, 0.15) is 16.1 Å². The zero-order valence-electron chi connectivity index (χ0n) is 13.6. The molecule has 2 N–H and O–H groups in total. The molecule has 0 fully saturated rings. The van der Waals surface area contributed by atoms with Crippen molar-refractivity contribution in [2.45, 2.75) is 6.42 Å². The van der Waals surface area contributed by atoms with Crippen LogP contribution in [0.5, 0.6) is 0 Å². The van der Waals surface area contributed by atoms with Gasteiger partial charge in [0, 0.05) is 16.6 Å². The molecule has 3 aromatic rings. The number of carbonyl (C=O) groups is 2. The van der Waals surface area contributed by atoms with E-state index < -0.39 is 11.7 Å². The first-order chi connectivity index (χ1) is 12.9. The monoisotopic (exact) mass is 423 g/mol. The van der Waals surface area contributed by atoms with Crippen molar-refractivity contribution in [3.8, 4) is 0 Å². The van der Waals surface area contributed by atoms with E-state index in [9.17, 15) is 14.0 Å². The molecular weight excluding hydrogens is 412 g/mol. The zero-order valence-corrected chi connectivity index (χ0v) is 16.0. The number of nitrogens with zero attached hydrogens (tertiary/aromatic N) is 1. The number of rotatable bonds is 5. The van der Waals surface area contributed by atoms with Gasteiger partial charge in [0.25, 0.3) is 5.91 Å². The molecule has 0 atom stereocenters. The van der Waals surface area contributed by atoms with Gasteiger partial charge >= 0.3 is 0 Å². The summed E-state index contributed by atoms with van der Waals surface area (Å²) >= 11 is 12.9. The Kier molecular flexibility index (Phi) is 6.05. The van der Waals surface area contributed by atoms with E-state index in [2.05, 4.69) is 15.6 Å². The SMILES string of the molecule is O=C(Cc1csc(NC(=O)c2ccc(F)cc2)n1)Nc1ccc(Cl)c(Cl)c1. The number of carbonyl (C=O) groups excluding carboxylic acids is 2. The number of benzene rings is 2. The Morgan fingerprint density at radius 1 is 1.04 bits per heavy atom. The smallest absolute Gasteiger partial charge is 0.257 e. The lowest BCUT2D eigenvalue weighted by Gasteiger charge is -2.05. The van der Waals surface area contributed by atoms with Gasteiger partial charge in [-0.25, -0.2) is 9.37 Å². The number of nitrogens with one attached hydrogen (secondary N) is 2. The third kappa shape index (κ3) is 5.26. The molecule has 0 saturated carbocycles. The van der Waals surface area contributed by atoms with Crippen molar-refractivity contribution in [2.75, 3.05) is 10.6 Å². The summed E-state index contributed by atoms with van der Waals surface area (Å²) in [5.74, 6) is -1.11. The second kappa shape index (κ2) is 8.47. The summed E-state index contributed by atoms with van der Waals surface area (Å²) in [6, 6.07) is 9.95. The fraction of sp³-hybridized carbons (Fsp3) is 0.0556. The molecule has 3 rings (SSSR count). The largest absolute Gasteiger partial charge is 0.326 e. The minimum atomic E-state index is -0.420. The van der Waals surface area contributed by atoms with Crippen molar-refractivity contribution in [1.82, 2.24) is 4.98 Å². The molecule has 5 nitrogen and oxygen atoms in total. The number of amides is 2. The molecule has 27 heavy (non-hydrogen) atoms.